The van der Waals surface area contributed by atoms with Crippen molar-refractivity contribution in [2.24, 2.45) is 0 Å². The molecule has 0 saturated heterocycles. The number of benzene rings is 1. The van der Waals surface area contributed by atoms with Crippen LogP contribution in [0, 0.1) is 0 Å². The highest BCUT2D eigenvalue weighted by molar-refractivity contribution is 9.12. The highest BCUT2D eigenvalue weighted by Gasteiger charge is 2.08. The van der Waals surface area contributed by atoms with E-state index in [9.17, 15) is 0 Å². The number of rotatable bonds is 1. The number of hydrogen-bond acceptors (Lipinski definition) is 2. The summed E-state index contributed by atoms with van der Waals surface area (Å²) in [6, 6.07) is 10.1. The zero-order chi connectivity index (χ0) is 9.26. The summed E-state index contributed by atoms with van der Waals surface area (Å²) < 4.78 is 1.96. The third-order valence-corrected chi connectivity index (χ3v) is 3.76. The third kappa shape index (κ3) is 2.00. The third-order valence-electron chi connectivity index (χ3n) is 1.61. The van der Waals surface area contributed by atoms with Gasteiger partial charge in [-0.2, -0.15) is 0 Å². The molecule has 2 rings (SSSR count). The van der Waals surface area contributed by atoms with Crippen LogP contribution in [0.5, 0.6) is 0 Å². The molecule has 0 aliphatic heterocycles. The summed E-state index contributed by atoms with van der Waals surface area (Å²) in [5, 5.41) is 0. The summed E-state index contributed by atoms with van der Waals surface area (Å²) in [5.41, 5.74) is 2.13. The van der Waals surface area contributed by atoms with Gasteiger partial charge in [-0.15, -0.1) is 0 Å². The van der Waals surface area contributed by atoms with Gasteiger partial charge < -0.3 is 0 Å². The second kappa shape index (κ2) is 3.90. The van der Waals surface area contributed by atoms with E-state index in [0.717, 1.165) is 19.0 Å². The maximum atomic E-state index is 4.37. The Hall–Kier alpha value is -0.190. The van der Waals surface area contributed by atoms with Crippen LogP contribution in [0.2, 0.25) is 0 Å². The molecule has 0 spiro atoms. The number of aromatic nitrogens is 1. The molecule has 0 aliphatic rings. The molecule has 1 aromatic carbocycles. The first-order valence-corrected chi connectivity index (χ1v) is 6.05. The van der Waals surface area contributed by atoms with Crippen molar-refractivity contribution in [2.45, 2.75) is 0 Å². The molecule has 0 amide bonds. The van der Waals surface area contributed by atoms with E-state index in [1.54, 1.807) is 11.3 Å². The molecule has 66 valence electrons. The van der Waals surface area contributed by atoms with E-state index >= 15 is 0 Å². The summed E-state index contributed by atoms with van der Waals surface area (Å²) in [6.45, 7) is 0. The van der Waals surface area contributed by atoms with Crippen LogP contribution in [-0.4, -0.2) is 4.98 Å². The van der Waals surface area contributed by atoms with Crippen LogP contribution < -0.4 is 0 Å². The normalized spacial score (nSPS) is 10.3. The molecule has 4 heteroatoms. The Labute approximate surface area is 97.1 Å². The zero-order valence-electron chi connectivity index (χ0n) is 6.50. The van der Waals surface area contributed by atoms with Gasteiger partial charge in [0, 0.05) is 5.56 Å². The van der Waals surface area contributed by atoms with E-state index in [4.69, 9.17) is 0 Å². The largest absolute Gasteiger partial charge is 0.228 e. The van der Waals surface area contributed by atoms with Gasteiger partial charge in [-0.1, -0.05) is 41.7 Å². The van der Waals surface area contributed by atoms with Gasteiger partial charge in [0.05, 0.1) is 9.48 Å². The molecule has 0 bridgehead atoms. The molecule has 2 aromatic rings. The van der Waals surface area contributed by atoms with Crippen LogP contribution in [0.25, 0.3) is 11.3 Å². The Morgan fingerprint density at radius 2 is 1.77 bits per heavy atom. The lowest BCUT2D eigenvalue weighted by Gasteiger charge is -1.95. The molecule has 0 aliphatic carbocycles. The van der Waals surface area contributed by atoms with Gasteiger partial charge in [-0.25, -0.2) is 4.98 Å². The van der Waals surface area contributed by atoms with Gasteiger partial charge in [0.15, 0.2) is 3.92 Å². The lowest BCUT2D eigenvalue weighted by atomic mass is 10.2. The average Bonchev–Trinajstić information content (AvgIpc) is 2.47. The predicted molar refractivity (Wildman–Crippen MR) is 63.0 cm³/mol. The van der Waals surface area contributed by atoms with Gasteiger partial charge in [-0.05, 0) is 31.9 Å². The van der Waals surface area contributed by atoms with Crippen molar-refractivity contribution < 1.29 is 0 Å². The van der Waals surface area contributed by atoms with Crippen LogP contribution in [0.3, 0.4) is 0 Å². The lowest BCUT2D eigenvalue weighted by molar-refractivity contribution is 1.36. The van der Waals surface area contributed by atoms with E-state index in [-0.39, 0.29) is 0 Å². The molecular weight excluding hydrogens is 314 g/mol. The molecule has 0 saturated carbocycles. The minimum atomic E-state index is 0.901. The first kappa shape index (κ1) is 9.37. The Morgan fingerprint density at radius 1 is 1.08 bits per heavy atom. The fourth-order valence-electron chi connectivity index (χ4n) is 1.05. The smallest absolute Gasteiger partial charge is 0.160 e. The van der Waals surface area contributed by atoms with Crippen molar-refractivity contribution >= 4 is 43.2 Å². The molecule has 0 unspecified atom stereocenters. The molecule has 1 nitrogen and oxygen atoms in total. The summed E-state index contributed by atoms with van der Waals surface area (Å²) in [6.07, 6.45) is 0. The fraction of sp³-hybridized carbons (Fsp3) is 0. The Kier molecular flexibility index (Phi) is 2.81. The van der Waals surface area contributed by atoms with Gasteiger partial charge in [-0.3, -0.25) is 0 Å². The summed E-state index contributed by atoms with van der Waals surface area (Å²) >= 11 is 8.42. The molecule has 0 N–H and O–H groups in total. The summed E-state index contributed by atoms with van der Waals surface area (Å²) in [4.78, 5) is 4.37. The van der Waals surface area contributed by atoms with Crippen molar-refractivity contribution in [3.8, 4) is 11.3 Å². The van der Waals surface area contributed by atoms with E-state index in [0.29, 0.717) is 0 Å². The number of hydrogen-bond donors (Lipinski definition) is 0. The molecule has 1 heterocycles. The monoisotopic (exact) mass is 317 g/mol. The van der Waals surface area contributed by atoms with Crippen molar-refractivity contribution in [3.63, 3.8) is 0 Å². The predicted octanol–water partition coefficient (Wildman–Crippen LogP) is 4.34. The van der Waals surface area contributed by atoms with Crippen molar-refractivity contribution in [3.05, 3.63) is 38.0 Å². The van der Waals surface area contributed by atoms with Crippen LogP contribution in [0.4, 0.5) is 0 Å². The van der Waals surface area contributed by atoms with E-state index < -0.39 is 0 Å². The molecule has 1 aromatic heterocycles. The Morgan fingerprint density at radius 3 is 2.31 bits per heavy atom. The van der Waals surface area contributed by atoms with Crippen LogP contribution in [-0.2, 0) is 0 Å². The van der Waals surface area contributed by atoms with E-state index in [1.807, 2.05) is 30.3 Å². The molecule has 0 radical (unpaired) electrons. The van der Waals surface area contributed by atoms with Crippen molar-refractivity contribution in [1.82, 2.24) is 4.98 Å². The number of halogens is 2. The average molecular weight is 319 g/mol. The minimum absolute atomic E-state index is 0.901. The quantitative estimate of drug-likeness (QED) is 0.762. The highest BCUT2D eigenvalue weighted by atomic mass is 79.9. The second-order valence-electron chi connectivity index (χ2n) is 2.46. The SMILES string of the molecule is Brc1nc(-c2ccccc2)c(Br)s1. The van der Waals surface area contributed by atoms with E-state index in [1.165, 1.54) is 0 Å². The molecule has 13 heavy (non-hydrogen) atoms. The van der Waals surface area contributed by atoms with Crippen LogP contribution in [0.15, 0.2) is 38.0 Å². The van der Waals surface area contributed by atoms with Crippen LogP contribution >= 0.6 is 43.2 Å². The van der Waals surface area contributed by atoms with Crippen LogP contribution in [0.1, 0.15) is 0 Å². The van der Waals surface area contributed by atoms with Gasteiger partial charge in [0.2, 0.25) is 0 Å². The molecular formula is C9H5Br2NS. The van der Waals surface area contributed by atoms with Crippen molar-refractivity contribution in [1.29, 1.82) is 0 Å². The summed E-state index contributed by atoms with van der Waals surface area (Å²) in [7, 11) is 0. The first-order valence-electron chi connectivity index (χ1n) is 3.64. The lowest BCUT2D eigenvalue weighted by Crippen LogP contribution is -1.76. The van der Waals surface area contributed by atoms with Gasteiger partial charge in [0.1, 0.15) is 0 Å². The van der Waals surface area contributed by atoms with Gasteiger partial charge >= 0.3 is 0 Å². The number of nitrogens with zero attached hydrogens (tertiary/aromatic N) is 1. The Balaban J connectivity index is 2.53. The molecule has 0 atom stereocenters. The van der Waals surface area contributed by atoms with Crippen molar-refractivity contribution in [2.75, 3.05) is 0 Å². The minimum Gasteiger partial charge on any atom is -0.228 e. The standard InChI is InChI=1S/C9H5Br2NS/c10-8-7(12-9(11)13-8)6-4-2-1-3-5-6/h1-5H. The van der Waals surface area contributed by atoms with Gasteiger partial charge in [0.25, 0.3) is 0 Å². The maximum Gasteiger partial charge on any atom is 0.160 e. The first-order chi connectivity index (χ1) is 6.27. The topological polar surface area (TPSA) is 12.9 Å². The van der Waals surface area contributed by atoms with E-state index in [2.05, 4.69) is 36.8 Å². The second-order valence-corrected chi connectivity index (χ2v) is 6.05. The highest BCUT2D eigenvalue weighted by Crippen LogP contribution is 2.34. The summed E-state index contributed by atoms with van der Waals surface area (Å²) in [5.74, 6) is 0. The Bertz CT molecular complexity index is 411. The maximum absolute atomic E-state index is 4.37. The number of thiazole rings is 1. The zero-order valence-corrected chi connectivity index (χ0v) is 10.5. The molecule has 0 fully saturated rings. The fourth-order valence-corrected chi connectivity index (χ4v) is 3.69.